The monoisotopic (exact) mass is 233 g/mol. The highest BCUT2D eigenvalue weighted by atomic mass is 19.1. The number of halogens is 1. The number of aliphatic imine (C=N–C) groups is 1. The predicted molar refractivity (Wildman–Crippen MR) is 60.9 cm³/mol. The van der Waals surface area contributed by atoms with Crippen molar-refractivity contribution >= 4 is 17.2 Å². The Kier molecular flexibility index (Phi) is 2.33. The van der Waals surface area contributed by atoms with Crippen molar-refractivity contribution in [3.05, 3.63) is 29.1 Å². The van der Waals surface area contributed by atoms with Crippen LogP contribution in [-0.4, -0.2) is 16.6 Å². The van der Waals surface area contributed by atoms with Gasteiger partial charge in [0, 0.05) is 23.5 Å². The van der Waals surface area contributed by atoms with Gasteiger partial charge < -0.3 is 5.11 Å². The van der Waals surface area contributed by atoms with E-state index >= 15 is 0 Å². The highest BCUT2D eigenvalue weighted by Crippen LogP contribution is 2.37. The summed E-state index contributed by atoms with van der Waals surface area (Å²) in [6, 6.07) is 3.21. The molecule has 1 aliphatic heterocycles. The van der Waals surface area contributed by atoms with Gasteiger partial charge >= 0.3 is 0 Å². The molecule has 4 heteroatoms. The predicted octanol–water partition coefficient (Wildman–Crippen LogP) is 1.93. The van der Waals surface area contributed by atoms with Crippen LogP contribution < -0.4 is 0 Å². The van der Waals surface area contributed by atoms with E-state index in [-0.39, 0.29) is 30.3 Å². The molecule has 1 fully saturated rings. The molecular weight excluding hydrogens is 221 g/mol. The van der Waals surface area contributed by atoms with Gasteiger partial charge in [0.2, 0.25) is 0 Å². The lowest BCUT2D eigenvalue weighted by molar-refractivity contribution is -0.112. The van der Waals surface area contributed by atoms with Crippen molar-refractivity contribution in [2.75, 3.05) is 0 Å². The van der Waals surface area contributed by atoms with E-state index in [1.807, 2.05) is 0 Å². The second-order valence-corrected chi connectivity index (χ2v) is 4.57. The van der Waals surface area contributed by atoms with E-state index in [0.29, 0.717) is 17.0 Å². The normalized spacial score (nSPS) is 18.9. The van der Waals surface area contributed by atoms with Gasteiger partial charge in [0.05, 0.1) is 18.0 Å². The van der Waals surface area contributed by atoms with Gasteiger partial charge in [-0.05, 0) is 18.9 Å². The fourth-order valence-corrected chi connectivity index (χ4v) is 2.17. The van der Waals surface area contributed by atoms with E-state index < -0.39 is 5.82 Å². The number of Topliss-reactive ketones (excluding diaryl/α,β-unsaturated/α-hetero) is 1. The van der Waals surface area contributed by atoms with Crippen LogP contribution in [-0.2, 0) is 17.8 Å². The third-order valence-electron chi connectivity index (χ3n) is 3.30. The second-order valence-electron chi connectivity index (χ2n) is 4.57. The lowest BCUT2D eigenvalue weighted by Crippen LogP contribution is -2.22. The molecule has 1 heterocycles. The first kappa shape index (κ1) is 10.6. The Bertz CT molecular complexity index is 532. The maximum Gasteiger partial charge on any atom is 0.181 e. The molecule has 1 aliphatic carbocycles. The molecule has 1 aromatic carbocycles. The van der Waals surface area contributed by atoms with Crippen molar-refractivity contribution in [1.29, 1.82) is 0 Å². The molecule has 1 saturated carbocycles. The number of fused-ring (bicyclic) bond motifs is 1. The van der Waals surface area contributed by atoms with Crippen molar-refractivity contribution in [3.63, 3.8) is 0 Å². The number of benzene rings is 1. The Morgan fingerprint density at radius 2 is 2.18 bits per heavy atom. The molecular formula is C13H12FNO2. The van der Waals surface area contributed by atoms with Gasteiger partial charge in [0.1, 0.15) is 5.82 Å². The fourth-order valence-electron chi connectivity index (χ4n) is 2.17. The summed E-state index contributed by atoms with van der Waals surface area (Å²) in [4.78, 5) is 16.1. The average Bonchev–Trinajstić information content (AvgIpc) is 3.14. The van der Waals surface area contributed by atoms with Crippen molar-refractivity contribution in [2.24, 2.45) is 10.9 Å². The van der Waals surface area contributed by atoms with Crippen LogP contribution in [0.2, 0.25) is 0 Å². The highest BCUT2D eigenvalue weighted by molar-refractivity contribution is 6.43. The van der Waals surface area contributed by atoms with Gasteiger partial charge in [-0.15, -0.1) is 0 Å². The summed E-state index contributed by atoms with van der Waals surface area (Å²) in [6.45, 7) is -0.355. The minimum atomic E-state index is -0.489. The minimum Gasteiger partial charge on any atom is -0.392 e. The molecule has 0 amide bonds. The quantitative estimate of drug-likeness (QED) is 0.848. The summed E-state index contributed by atoms with van der Waals surface area (Å²) in [6.07, 6.45) is 2.10. The molecule has 3 nitrogen and oxygen atoms in total. The van der Waals surface area contributed by atoms with Gasteiger partial charge in [-0.3, -0.25) is 4.79 Å². The minimum absolute atomic E-state index is 0.0737. The summed E-state index contributed by atoms with van der Waals surface area (Å²) in [5, 5.41) is 8.98. The largest absolute Gasteiger partial charge is 0.392 e. The molecule has 0 atom stereocenters. The van der Waals surface area contributed by atoms with Crippen LogP contribution in [0, 0.1) is 11.7 Å². The zero-order valence-corrected chi connectivity index (χ0v) is 9.24. The molecule has 0 saturated heterocycles. The first-order valence-corrected chi connectivity index (χ1v) is 5.73. The second kappa shape index (κ2) is 3.74. The van der Waals surface area contributed by atoms with Crippen molar-refractivity contribution in [1.82, 2.24) is 0 Å². The van der Waals surface area contributed by atoms with E-state index in [0.717, 1.165) is 12.8 Å². The van der Waals surface area contributed by atoms with E-state index in [1.165, 1.54) is 6.07 Å². The average molecular weight is 233 g/mol. The SMILES string of the molecule is O=C1Cc2c(ccc(CO)c2F)N=C1C1CC1. The standard InChI is InChI=1S/C13H12FNO2/c14-12-8(6-16)3-4-10-9(12)5-11(17)13(15-10)7-1-2-7/h3-4,7,16H,1-2,5-6H2. The van der Waals surface area contributed by atoms with Crippen molar-refractivity contribution in [2.45, 2.75) is 25.9 Å². The zero-order valence-electron chi connectivity index (χ0n) is 9.24. The smallest absolute Gasteiger partial charge is 0.181 e. The molecule has 0 bridgehead atoms. The third-order valence-corrected chi connectivity index (χ3v) is 3.30. The van der Waals surface area contributed by atoms with E-state index in [9.17, 15) is 9.18 Å². The molecule has 0 aromatic heterocycles. The third kappa shape index (κ3) is 1.69. The molecule has 0 spiro atoms. The molecule has 3 rings (SSSR count). The number of ketones is 1. The van der Waals surface area contributed by atoms with Gasteiger partial charge in [-0.2, -0.15) is 0 Å². The first-order chi connectivity index (χ1) is 8.20. The van der Waals surface area contributed by atoms with Gasteiger partial charge in [-0.25, -0.2) is 9.38 Å². The molecule has 2 aliphatic rings. The zero-order chi connectivity index (χ0) is 12.0. The van der Waals surface area contributed by atoms with E-state index in [1.54, 1.807) is 6.07 Å². The molecule has 88 valence electrons. The van der Waals surface area contributed by atoms with Crippen LogP contribution in [0.4, 0.5) is 10.1 Å². The molecule has 17 heavy (non-hydrogen) atoms. The van der Waals surface area contributed by atoms with E-state index in [4.69, 9.17) is 5.11 Å². The number of aliphatic hydroxyl groups is 1. The lowest BCUT2D eigenvalue weighted by atomic mass is 9.96. The van der Waals surface area contributed by atoms with Crippen LogP contribution in [0.15, 0.2) is 17.1 Å². The Morgan fingerprint density at radius 3 is 2.82 bits per heavy atom. The van der Waals surface area contributed by atoms with E-state index in [2.05, 4.69) is 4.99 Å². The number of hydrogen-bond donors (Lipinski definition) is 1. The maximum absolute atomic E-state index is 13.9. The molecule has 0 unspecified atom stereocenters. The number of rotatable bonds is 2. The van der Waals surface area contributed by atoms with Gasteiger partial charge in [0.15, 0.2) is 5.78 Å². The van der Waals surface area contributed by atoms with Crippen LogP contribution in [0.3, 0.4) is 0 Å². The summed E-state index contributed by atoms with van der Waals surface area (Å²) < 4.78 is 13.9. The molecule has 0 radical (unpaired) electrons. The molecule has 1 N–H and O–H groups in total. The highest BCUT2D eigenvalue weighted by Gasteiger charge is 2.35. The maximum atomic E-state index is 13.9. The number of carbonyl (C=O) groups excluding carboxylic acids is 1. The topological polar surface area (TPSA) is 49.7 Å². The van der Waals surface area contributed by atoms with Crippen molar-refractivity contribution in [3.8, 4) is 0 Å². The van der Waals surface area contributed by atoms with Crippen LogP contribution in [0.1, 0.15) is 24.0 Å². The Hall–Kier alpha value is -1.55. The Morgan fingerprint density at radius 1 is 1.41 bits per heavy atom. The van der Waals surface area contributed by atoms with Gasteiger partial charge in [0.25, 0.3) is 0 Å². The summed E-state index contributed by atoms with van der Waals surface area (Å²) in [5.41, 5.74) is 1.70. The number of aliphatic hydroxyl groups excluding tert-OH is 1. The van der Waals surface area contributed by atoms with Crippen LogP contribution in [0.25, 0.3) is 0 Å². The summed E-state index contributed by atoms with van der Waals surface area (Å²) in [7, 11) is 0. The number of hydrogen-bond acceptors (Lipinski definition) is 3. The summed E-state index contributed by atoms with van der Waals surface area (Å²) >= 11 is 0. The van der Waals surface area contributed by atoms with Crippen molar-refractivity contribution < 1.29 is 14.3 Å². The number of carbonyl (C=O) groups is 1. The van der Waals surface area contributed by atoms with Gasteiger partial charge in [-0.1, -0.05) is 6.07 Å². The summed E-state index contributed by atoms with van der Waals surface area (Å²) in [5.74, 6) is -0.276. The Labute approximate surface area is 98.0 Å². The number of nitrogens with zero attached hydrogens (tertiary/aromatic N) is 1. The van der Waals surface area contributed by atoms with Crippen LogP contribution in [0.5, 0.6) is 0 Å². The van der Waals surface area contributed by atoms with Crippen LogP contribution >= 0.6 is 0 Å². The molecule has 1 aromatic rings. The lowest BCUT2D eigenvalue weighted by Gasteiger charge is -2.16. The Balaban J connectivity index is 2.10. The first-order valence-electron chi connectivity index (χ1n) is 5.73. The fraction of sp³-hybridized carbons (Fsp3) is 0.385.